The van der Waals surface area contributed by atoms with Gasteiger partial charge in [0.1, 0.15) is 0 Å². The maximum Gasteiger partial charge on any atom is 0.257 e. The molecule has 0 radical (unpaired) electrons. The highest BCUT2D eigenvalue weighted by atomic mass is 35.5. The molecule has 28 heavy (non-hydrogen) atoms. The molecule has 0 aliphatic rings. The van der Waals surface area contributed by atoms with Gasteiger partial charge in [-0.1, -0.05) is 35.3 Å². The number of carbonyl (C=O) groups is 3. The molecule has 10 heteroatoms. The molecule has 0 heterocycles. The average Bonchev–Trinajstić information content (AvgIpc) is 2.67. The standard InChI is InChI=1S/C18H16Cl2N4O3S/c19-12-7-5-11(6-8-12)17(27)22-18(28)24-23-16(26)10-9-15(25)21-14-4-2-1-3-13(14)20/h1-8H,9-10H2,(H,21,25)(H,23,26)(H2,22,24,27,28). The molecule has 0 aromatic heterocycles. The molecule has 7 nitrogen and oxygen atoms in total. The second-order valence-electron chi connectivity index (χ2n) is 5.49. The van der Waals surface area contributed by atoms with E-state index < -0.39 is 11.8 Å². The normalized spacial score (nSPS) is 9.93. The van der Waals surface area contributed by atoms with E-state index in [0.29, 0.717) is 21.3 Å². The summed E-state index contributed by atoms with van der Waals surface area (Å²) >= 11 is 16.6. The van der Waals surface area contributed by atoms with E-state index in [2.05, 4.69) is 21.5 Å². The summed E-state index contributed by atoms with van der Waals surface area (Å²) in [6, 6.07) is 13.0. The molecule has 0 atom stereocenters. The lowest BCUT2D eigenvalue weighted by Gasteiger charge is -2.11. The van der Waals surface area contributed by atoms with E-state index in [9.17, 15) is 14.4 Å². The zero-order valence-electron chi connectivity index (χ0n) is 14.4. The van der Waals surface area contributed by atoms with Gasteiger partial charge in [0.05, 0.1) is 10.7 Å². The molecule has 0 fully saturated rings. The molecule has 2 aromatic carbocycles. The lowest BCUT2D eigenvalue weighted by Crippen LogP contribution is -2.48. The Morgan fingerprint density at radius 3 is 2.18 bits per heavy atom. The maximum absolute atomic E-state index is 12.0. The summed E-state index contributed by atoms with van der Waals surface area (Å²) < 4.78 is 0. The van der Waals surface area contributed by atoms with Gasteiger partial charge in [-0.2, -0.15) is 0 Å². The highest BCUT2D eigenvalue weighted by Crippen LogP contribution is 2.20. The van der Waals surface area contributed by atoms with Crippen LogP contribution in [0.1, 0.15) is 23.2 Å². The first-order valence-corrected chi connectivity index (χ1v) is 9.21. The van der Waals surface area contributed by atoms with Crippen molar-refractivity contribution in [2.24, 2.45) is 0 Å². The van der Waals surface area contributed by atoms with Crippen molar-refractivity contribution in [1.29, 1.82) is 0 Å². The Morgan fingerprint density at radius 1 is 0.857 bits per heavy atom. The van der Waals surface area contributed by atoms with Gasteiger partial charge in [0.2, 0.25) is 11.8 Å². The smallest absolute Gasteiger partial charge is 0.257 e. The molecule has 0 aliphatic carbocycles. The van der Waals surface area contributed by atoms with E-state index in [1.807, 2.05) is 0 Å². The van der Waals surface area contributed by atoms with E-state index in [1.54, 1.807) is 36.4 Å². The second-order valence-corrected chi connectivity index (χ2v) is 6.74. The van der Waals surface area contributed by atoms with Crippen molar-refractivity contribution in [1.82, 2.24) is 16.2 Å². The molecule has 0 unspecified atom stereocenters. The Labute approximate surface area is 176 Å². The summed E-state index contributed by atoms with van der Waals surface area (Å²) in [5, 5.41) is 5.84. The molecule has 146 valence electrons. The molecular weight excluding hydrogens is 423 g/mol. The minimum absolute atomic E-state index is 0.0529. The molecule has 0 saturated carbocycles. The van der Waals surface area contributed by atoms with Crippen molar-refractivity contribution in [3.05, 3.63) is 64.1 Å². The number of para-hydroxylation sites is 1. The fourth-order valence-corrected chi connectivity index (χ4v) is 2.45. The number of nitrogens with one attached hydrogen (secondary N) is 4. The van der Waals surface area contributed by atoms with Gasteiger partial charge in [-0.15, -0.1) is 0 Å². The summed E-state index contributed by atoms with van der Waals surface area (Å²) in [6.45, 7) is 0. The Bertz CT molecular complexity index is 891. The Kier molecular flexibility index (Phi) is 8.19. The third-order valence-corrected chi connectivity index (χ3v) is 4.16. The van der Waals surface area contributed by atoms with Gasteiger partial charge in [0, 0.05) is 23.4 Å². The number of hydrazine groups is 1. The third kappa shape index (κ3) is 7.15. The second kappa shape index (κ2) is 10.6. The average molecular weight is 439 g/mol. The van der Waals surface area contributed by atoms with Crippen molar-refractivity contribution < 1.29 is 14.4 Å². The van der Waals surface area contributed by atoms with Gasteiger partial charge in [-0.3, -0.25) is 30.6 Å². The quantitative estimate of drug-likeness (QED) is 0.424. The van der Waals surface area contributed by atoms with Crippen LogP contribution in [0.25, 0.3) is 0 Å². The molecule has 2 rings (SSSR count). The van der Waals surface area contributed by atoms with E-state index in [0.717, 1.165) is 0 Å². The number of thiocarbonyl (C=S) groups is 1. The summed E-state index contributed by atoms with van der Waals surface area (Å²) in [5.41, 5.74) is 5.53. The largest absolute Gasteiger partial charge is 0.325 e. The Balaban J connectivity index is 1.69. The fraction of sp³-hybridized carbons (Fsp3) is 0.111. The van der Waals surface area contributed by atoms with Crippen LogP contribution in [0.5, 0.6) is 0 Å². The van der Waals surface area contributed by atoms with Gasteiger partial charge in [0.25, 0.3) is 5.91 Å². The number of benzene rings is 2. The molecule has 4 N–H and O–H groups in total. The number of rotatable bonds is 5. The maximum atomic E-state index is 12.0. The number of hydrogen-bond acceptors (Lipinski definition) is 4. The number of carbonyl (C=O) groups excluding carboxylic acids is 3. The number of hydrogen-bond donors (Lipinski definition) is 4. The molecular formula is C18H16Cl2N4O3S. The highest BCUT2D eigenvalue weighted by Gasteiger charge is 2.11. The summed E-state index contributed by atoms with van der Waals surface area (Å²) in [5.74, 6) is -1.29. The van der Waals surface area contributed by atoms with Gasteiger partial charge in [-0.05, 0) is 48.6 Å². The molecule has 2 aromatic rings. The number of halogens is 2. The van der Waals surface area contributed by atoms with E-state index in [4.69, 9.17) is 35.4 Å². The van der Waals surface area contributed by atoms with Gasteiger partial charge < -0.3 is 5.32 Å². The van der Waals surface area contributed by atoms with Gasteiger partial charge in [-0.25, -0.2) is 0 Å². The topological polar surface area (TPSA) is 99.3 Å². The van der Waals surface area contributed by atoms with Crippen molar-refractivity contribution in [2.45, 2.75) is 12.8 Å². The SMILES string of the molecule is O=C(CCC(=O)Nc1ccccc1Cl)NNC(=S)NC(=O)c1ccc(Cl)cc1. The molecule has 0 aliphatic heterocycles. The van der Waals surface area contributed by atoms with Gasteiger partial charge in [0.15, 0.2) is 5.11 Å². The predicted octanol–water partition coefficient (Wildman–Crippen LogP) is 3.05. The summed E-state index contributed by atoms with van der Waals surface area (Å²) in [4.78, 5) is 35.6. The zero-order chi connectivity index (χ0) is 20.5. The first-order valence-electron chi connectivity index (χ1n) is 8.05. The Hall–Kier alpha value is -2.68. The third-order valence-electron chi connectivity index (χ3n) is 3.38. The molecule has 0 spiro atoms. The molecule has 0 saturated heterocycles. The fourth-order valence-electron chi connectivity index (χ4n) is 2.00. The van der Waals surface area contributed by atoms with Gasteiger partial charge >= 0.3 is 0 Å². The van der Waals surface area contributed by atoms with Crippen LogP contribution >= 0.6 is 35.4 Å². The lowest BCUT2D eigenvalue weighted by molar-refractivity contribution is -0.124. The van der Waals surface area contributed by atoms with Crippen LogP contribution in [0, 0.1) is 0 Å². The van der Waals surface area contributed by atoms with E-state index in [1.165, 1.54) is 12.1 Å². The van der Waals surface area contributed by atoms with Crippen LogP contribution in [0.2, 0.25) is 10.0 Å². The van der Waals surface area contributed by atoms with E-state index in [-0.39, 0.29) is 23.9 Å². The van der Waals surface area contributed by atoms with Crippen LogP contribution in [0.3, 0.4) is 0 Å². The minimum atomic E-state index is -0.475. The minimum Gasteiger partial charge on any atom is -0.325 e. The summed E-state index contributed by atoms with van der Waals surface area (Å²) in [6.07, 6.45) is -0.139. The van der Waals surface area contributed by atoms with Crippen molar-refractivity contribution >= 4 is 63.9 Å². The van der Waals surface area contributed by atoms with Crippen LogP contribution in [-0.2, 0) is 9.59 Å². The van der Waals surface area contributed by atoms with Crippen LogP contribution < -0.4 is 21.5 Å². The molecule has 3 amide bonds. The van der Waals surface area contributed by atoms with Crippen molar-refractivity contribution in [3.63, 3.8) is 0 Å². The first kappa shape index (κ1) is 21.6. The summed E-state index contributed by atoms with van der Waals surface area (Å²) in [7, 11) is 0. The lowest BCUT2D eigenvalue weighted by atomic mass is 10.2. The van der Waals surface area contributed by atoms with Crippen LogP contribution in [0.15, 0.2) is 48.5 Å². The first-order chi connectivity index (χ1) is 13.3. The van der Waals surface area contributed by atoms with Crippen LogP contribution in [-0.4, -0.2) is 22.8 Å². The Morgan fingerprint density at radius 2 is 1.50 bits per heavy atom. The van der Waals surface area contributed by atoms with Crippen molar-refractivity contribution in [3.8, 4) is 0 Å². The number of anilines is 1. The highest BCUT2D eigenvalue weighted by molar-refractivity contribution is 7.80. The number of amides is 3. The van der Waals surface area contributed by atoms with Crippen molar-refractivity contribution in [2.75, 3.05) is 5.32 Å². The monoisotopic (exact) mass is 438 g/mol. The predicted molar refractivity (Wildman–Crippen MR) is 112 cm³/mol. The van der Waals surface area contributed by atoms with E-state index >= 15 is 0 Å². The molecule has 0 bridgehead atoms. The zero-order valence-corrected chi connectivity index (χ0v) is 16.8. The van der Waals surface area contributed by atoms with Crippen LogP contribution in [0.4, 0.5) is 5.69 Å².